The van der Waals surface area contributed by atoms with Crippen LogP contribution in [0.3, 0.4) is 0 Å². The predicted molar refractivity (Wildman–Crippen MR) is 109 cm³/mol. The molecule has 0 radical (unpaired) electrons. The molecule has 6 nitrogen and oxygen atoms in total. The van der Waals surface area contributed by atoms with Crippen molar-refractivity contribution in [3.05, 3.63) is 0 Å². The van der Waals surface area contributed by atoms with Gasteiger partial charge in [0.15, 0.2) is 5.96 Å². The lowest BCUT2D eigenvalue weighted by Crippen LogP contribution is -2.54. The van der Waals surface area contributed by atoms with Crippen LogP contribution in [0.15, 0.2) is 4.99 Å². The monoisotopic (exact) mass is 368 g/mol. The first kappa shape index (κ1) is 22.7. The van der Waals surface area contributed by atoms with Gasteiger partial charge in [-0.15, -0.1) is 0 Å². The van der Waals surface area contributed by atoms with Gasteiger partial charge in [0.1, 0.15) is 0 Å². The molecule has 1 fully saturated rings. The number of carbonyl (C=O) groups is 1. The lowest BCUT2D eigenvalue weighted by Gasteiger charge is -2.41. The number of piperidine rings is 1. The summed E-state index contributed by atoms with van der Waals surface area (Å²) in [7, 11) is 1.82. The summed E-state index contributed by atoms with van der Waals surface area (Å²) >= 11 is 0. The Hall–Kier alpha value is -1.30. The molecule has 0 aliphatic carbocycles. The molecule has 0 unspecified atom stereocenters. The Morgan fingerprint density at radius 2 is 1.77 bits per heavy atom. The number of likely N-dealkylation sites (tertiary alicyclic amines) is 1. The molecule has 0 aromatic carbocycles. The lowest BCUT2D eigenvalue weighted by molar-refractivity contribution is -0.143. The molecule has 2 N–H and O–H groups in total. The molecule has 0 aromatic heterocycles. The summed E-state index contributed by atoms with van der Waals surface area (Å²) < 4.78 is 4.93. The normalized spacial score (nSPS) is 16.4. The molecule has 26 heavy (non-hydrogen) atoms. The molecule has 0 bridgehead atoms. The second-order valence-corrected chi connectivity index (χ2v) is 7.68. The number of ether oxygens (including phenoxy) is 1. The van der Waals surface area contributed by atoms with Gasteiger partial charge in [-0.25, -0.2) is 0 Å². The number of nitrogens with one attached hydrogen (secondary N) is 2. The maximum Gasteiger partial charge on any atom is 0.305 e. The highest BCUT2D eigenvalue weighted by atomic mass is 16.5. The highest BCUT2D eigenvalue weighted by Crippen LogP contribution is 2.19. The maximum atomic E-state index is 11.3. The molecule has 1 saturated heterocycles. The number of aliphatic imine (C=N–C) groups is 1. The molecule has 1 rings (SSSR count). The van der Waals surface area contributed by atoms with Crippen LogP contribution in [0.5, 0.6) is 0 Å². The fourth-order valence-electron chi connectivity index (χ4n) is 3.32. The molecule has 6 heteroatoms. The molecule has 0 aromatic rings. The summed E-state index contributed by atoms with van der Waals surface area (Å²) in [6, 6.07) is 0. The van der Waals surface area contributed by atoms with Gasteiger partial charge < -0.3 is 15.4 Å². The molecule has 152 valence electrons. The molecule has 0 spiro atoms. The minimum atomic E-state index is -0.0773. The second kappa shape index (κ2) is 13.0. The first-order valence-corrected chi connectivity index (χ1v) is 10.3. The number of esters is 1. The van der Waals surface area contributed by atoms with Crippen LogP contribution >= 0.6 is 0 Å². The molecule has 1 aliphatic rings. The number of hydrogen-bond donors (Lipinski definition) is 2. The van der Waals surface area contributed by atoms with E-state index in [2.05, 4.69) is 34.4 Å². The summed E-state index contributed by atoms with van der Waals surface area (Å²) in [6.45, 7) is 11.1. The number of guanidine groups is 1. The topological polar surface area (TPSA) is 66.0 Å². The van der Waals surface area contributed by atoms with Crippen LogP contribution in [0.25, 0.3) is 0 Å². The van der Waals surface area contributed by atoms with Crippen molar-refractivity contribution in [2.45, 2.75) is 77.7 Å². The largest absolute Gasteiger partial charge is 0.466 e. The Labute approximate surface area is 160 Å². The van der Waals surface area contributed by atoms with Crippen LogP contribution in [-0.2, 0) is 9.53 Å². The van der Waals surface area contributed by atoms with E-state index in [0.717, 1.165) is 44.7 Å². The Balaban J connectivity index is 2.12. The first-order chi connectivity index (χ1) is 12.5. The van der Waals surface area contributed by atoms with E-state index in [1.807, 2.05) is 14.0 Å². The van der Waals surface area contributed by atoms with Crippen molar-refractivity contribution in [1.29, 1.82) is 0 Å². The van der Waals surface area contributed by atoms with Crippen molar-refractivity contribution >= 4 is 11.9 Å². The zero-order chi connectivity index (χ0) is 19.3. The van der Waals surface area contributed by atoms with Crippen LogP contribution in [0.4, 0.5) is 0 Å². The third-order valence-electron chi connectivity index (χ3n) is 5.03. The second-order valence-electron chi connectivity index (χ2n) is 7.68. The van der Waals surface area contributed by atoms with E-state index in [1.165, 1.54) is 32.4 Å². The van der Waals surface area contributed by atoms with Gasteiger partial charge in [0.25, 0.3) is 0 Å². The maximum absolute atomic E-state index is 11.3. The van der Waals surface area contributed by atoms with Crippen molar-refractivity contribution in [2.75, 3.05) is 39.8 Å². The molecular weight excluding hydrogens is 328 g/mol. The molecule has 1 aliphatic heterocycles. The molecular formula is C20H40N4O2. The number of carbonyl (C=O) groups excluding carboxylic acids is 1. The molecule has 0 saturated carbocycles. The van der Waals surface area contributed by atoms with Gasteiger partial charge in [-0.3, -0.25) is 14.7 Å². The van der Waals surface area contributed by atoms with Gasteiger partial charge in [0, 0.05) is 32.1 Å². The van der Waals surface area contributed by atoms with E-state index in [4.69, 9.17) is 4.74 Å². The number of unbranched alkanes of at least 4 members (excludes halogenated alkanes) is 3. The number of rotatable bonds is 11. The van der Waals surface area contributed by atoms with Gasteiger partial charge >= 0.3 is 5.97 Å². The molecule has 0 atom stereocenters. The lowest BCUT2D eigenvalue weighted by atomic mass is 9.98. The first-order valence-electron chi connectivity index (χ1n) is 10.3. The van der Waals surface area contributed by atoms with E-state index in [0.29, 0.717) is 13.0 Å². The molecule has 0 amide bonds. The smallest absolute Gasteiger partial charge is 0.305 e. The van der Waals surface area contributed by atoms with Gasteiger partial charge in [0.2, 0.25) is 0 Å². The van der Waals surface area contributed by atoms with Gasteiger partial charge in [0.05, 0.1) is 6.61 Å². The van der Waals surface area contributed by atoms with Crippen LogP contribution in [0.1, 0.15) is 72.1 Å². The molecule has 1 heterocycles. The van der Waals surface area contributed by atoms with Crippen LogP contribution in [0.2, 0.25) is 0 Å². The highest BCUT2D eigenvalue weighted by molar-refractivity contribution is 5.79. The Morgan fingerprint density at radius 1 is 1.08 bits per heavy atom. The van der Waals surface area contributed by atoms with Gasteiger partial charge in [-0.05, 0) is 59.5 Å². The average molecular weight is 369 g/mol. The minimum absolute atomic E-state index is 0.0773. The Bertz CT molecular complexity index is 418. The van der Waals surface area contributed by atoms with Crippen molar-refractivity contribution in [2.24, 2.45) is 4.99 Å². The van der Waals surface area contributed by atoms with Crippen molar-refractivity contribution < 1.29 is 9.53 Å². The van der Waals surface area contributed by atoms with Crippen LogP contribution in [-0.4, -0.2) is 62.2 Å². The third kappa shape index (κ3) is 9.41. The standard InChI is InChI=1S/C20H40N4O2/c1-5-26-18(25)13-9-6-7-10-14-22-19(21-4)23-17-20(2,3)24-15-11-8-12-16-24/h5-17H2,1-4H3,(H2,21,22,23). The summed E-state index contributed by atoms with van der Waals surface area (Å²) in [6.07, 6.45) is 8.70. The van der Waals surface area contributed by atoms with Crippen LogP contribution < -0.4 is 10.6 Å². The van der Waals surface area contributed by atoms with E-state index in [-0.39, 0.29) is 11.5 Å². The van der Waals surface area contributed by atoms with Crippen molar-refractivity contribution in [3.8, 4) is 0 Å². The quantitative estimate of drug-likeness (QED) is 0.254. The fourth-order valence-corrected chi connectivity index (χ4v) is 3.32. The van der Waals surface area contributed by atoms with Crippen molar-refractivity contribution in [3.63, 3.8) is 0 Å². The third-order valence-corrected chi connectivity index (χ3v) is 5.03. The zero-order valence-electron chi connectivity index (χ0n) is 17.4. The Kier molecular flexibility index (Phi) is 11.3. The predicted octanol–water partition coefficient (Wildman–Crippen LogP) is 2.93. The zero-order valence-corrected chi connectivity index (χ0v) is 17.4. The average Bonchev–Trinajstić information content (AvgIpc) is 2.64. The fraction of sp³-hybridized carbons (Fsp3) is 0.900. The van der Waals surface area contributed by atoms with Gasteiger partial charge in [-0.1, -0.05) is 19.3 Å². The van der Waals surface area contributed by atoms with Gasteiger partial charge in [-0.2, -0.15) is 0 Å². The summed E-state index contributed by atoms with van der Waals surface area (Å²) in [5, 5.41) is 6.87. The summed E-state index contributed by atoms with van der Waals surface area (Å²) in [5.41, 5.74) is 0.144. The van der Waals surface area contributed by atoms with E-state index in [9.17, 15) is 4.79 Å². The minimum Gasteiger partial charge on any atom is -0.466 e. The van der Waals surface area contributed by atoms with E-state index in [1.54, 1.807) is 0 Å². The highest BCUT2D eigenvalue weighted by Gasteiger charge is 2.27. The van der Waals surface area contributed by atoms with E-state index < -0.39 is 0 Å². The Morgan fingerprint density at radius 3 is 2.42 bits per heavy atom. The van der Waals surface area contributed by atoms with Crippen molar-refractivity contribution in [1.82, 2.24) is 15.5 Å². The SMILES string of the molecule is CCOC(=O)CCCCCCNC(=NC)NCC(C)(C)N1CCCCC1. The number of nitrogens with zero attached hydrogens (tertiary/aromatic N) is 2. The summed E-state index contributed by atoms with van der Waals surface area (Å²) in [5.74, 6) is 0.799. The number of hydrogen-bond acceptors (Lipinski definition) is 4. The van der Waals surface area contributed by atoms with E-state index >= 15 is 0 Å². The van der Waals surface area contributed by atoms with Crippen LogP contribution in [0, 0.1) is 0 Å². The summed E-state index contributed by atoms with van der Waals surface area (Å²) in [4.78, 5) is 18.2.